The lowest BCUT2D eigenvalue weighted by atomic mass is 9.79. The Kier molecular flexibility index (Phi) is 4.76. The summed E-state index contributed by atoms with van der Waals surface area (Å²) in [6.45, 7) is 1.93. The Morgan fingerprint density at radius 1 is 1.44 bits per heavy atom. The van der Waals surface area contributed by atoms with E-state index in [0.717, 1.165) is 6.42 Å². The first kappa shape index (κ1) is 12.5. The largest absolute Gasteiger partial charge is 0.490 e. The first-order valence-electron chi connectivity index (χ1n) is 5.07. The number of anilines is 1. The second-order valence-electron chi connectivity index (χ2n) is 3.26. The fourth-order valence-corrected chi connectivity index (χ4v) is 1.24. The third kappa shape index (κ3) is 3.53. The molecule has 16 heavy (non-hydrogen) atoms. The zero-order valence-corrected chi connectivity index (χ0v) is 9.05. The van der Waals surface area contributed by atoms with Gasteiger partial charge in [-0.25, -0.2) is 0 Å². The lowest BCUT2D eigenvalue weighted by Crippen LogP contribution is -2.33. The Morgan fingerprint density at radius 3 is 2.75 bits per heavy atom. The molecule has 0 aliphatic rings. The molecule has 4 nitrogen and oxygen atoms in total. The summed E-state index contributed by atoms with van der Waals surface area (Å²) in [6, 6.07) is 6.55. The van der Waals surface area contributed by atoms with Crippen molar-refractivity contribution in [3.63, 3.8) is 0 Å². The number of rotatable bonds is 4. The second-order valence-corrected chi connectivity index (χ2v) is 3.26. The van der Waals surface area contributed by atoms with E-state index in [1.54, 1.807) is 30.3 Å². The first-order chi connectivity index (χ1) is 7.65. The number of carbonyl (C=O) groups excluding carboxylic acids is 1. The van der Waals surface area contributed by atoms with Gasteiger partial charge in [0, 0.05) is 11.2 Å². The van der Waals surface area contributed by atoms with Crippen LogP contribution in [0, 0.1) is 0 Å². The molecule has 1 rings (SSSR count). The highest BCUT2D eigenvalue weighted by Gasteiger charge is 2.15. The molecule has 0 fully saturated rings. The van der Waals surface area contributed by atoms with Gasteiger partial charge in [-0.2, -0.15) is 0 Å². The van der Waals surface area contributed by atoms with Gasteiger partial charge >= 0.3 is 7.12 Å². The molecule has 0 heterocycles. The number of benzene rings is 1. The lowest BCUT2D eigenvalue weighted by Gasteiger charge is -2.08. The van der Waals surface area contributed by atoms with Crippen LogP contribution in [0.4, 0.5) is 5.69 Å². The first-order valence-corrected chi connectivity index (χ1v) is 5.07. The van der Waals surface area contributed by atoms with Crippen LogP contribution in [-0.2, 0) is 4.79 Å². The van der Waals surface area contributed by atoms with Gasteiger partial charge in [-0.3, -0.25) is 4.79 Å². The van der Waals surface area contributed by atoms with Gasteiger partial charge in [-0.05, 0) is 18.6 Å². The highest BCUT2D eigenvalue weighted by Crippen LogP contribution is 2.03. The maximum Gasteiger partial charge on any atom is 0.490 e. The lowest BCUT2D eigenvalue weighted by molar-refractivity contribution is -0.111. The summed E-state index contributed by atoms with van der Waals surface area (Å²) < 4.78 is 0. The number of nitrogens with one attached hydrogen (secondary N) is 1. The third-order valence-electron chi connectivity index (χ3n) is 2.00. The molecule has 0 unspecified atom stereocenters. The standard InChI is InChI=1S/C11H14BNO3/c1-2-3-8-11(14)13-10-7-5-4-6-9(10)12(15)16/h3-8,15-16H,2H2,1H3,(H,13,14). The van der Waals surface area contributed by atoms with Gasteiger partial charge in [0.15, 0.2) is 0 Å². The molecular weight excluding hydrogens is 205 g/mol. The van der Waals surface area contributed by atoms with Crippen molar-refractivity contribution in [3.05, 3.63) is 36.4 Å². The average molecular weight is 219 g/mol. The third-order valence-corrected chi connectivity index (χ3v) is 2.00. The van der Waals surface area contributed by atoms with Crippen molar-refractivity contribution in [3.8, 4) is 0 Å². The maximum atomic E-state index is 11.4. The van der Waals surface area contributed by atoms with E-state index in [1.807, 2.05) is 6.92 Å². The van der Waals surface area contributed by atoms with Crippen LogP contribution < -0.4 is 10.8 Å². The van der Waals surface area contributed by atoms with Crippen LogP contribution >= 0.6 is 0 Å². The van der Waals surface area contributed by atoms with Crippen molar-refractivity contribution in [2.75, 3.05) is 5.32 Å². The van der Waals surface area contributed by atoms with Crippen LogP contribution in [0.5, 0.6) is 0 Å². The number of hydrogen-bond donors (Lipinski definition) is 3. The summed E-state index contributed by atoms with van der Waals surface area (Å²) in [5, 5.41) is 20.7. The number of allylic oxidation sites excluding steroid dienone is 1. The SMILES string of the molecule is CCC=CC(=O)Nc1ccccc1B(O)O. The summed E-state index contributed by atoms with van der Waals surface area (Å²) in [4.78, 5) is 11.4. The molecule has 0 aliphatic heterocycles. The van der Waals surface area contributed by atoms with E-state index in [4.69, 9.17) is 10.0 Å². The molecule has 0 radical (unpaired) electrons. The number of hydrogen-bond acceptors (Lipinski definition) is 3. The van der Waals surface area contributed by atoms with Gasteiger partial charge in [0.25, 0.3) is 0 Å². The van der Waals surface area contributed by atoms with Crippen molar-refractivity contribution in [2.45, 2.75) is 13.3 Å². The van der Waals surface area contributed by atoms with Gasteiger partial charge in [-0.15, -0.1) is 0 Å². The van der Waals surface area contributed by atoms with E-state index < -0.39 is 7.12 Å². The summed E-state index contributed by atoms with van der Waals surface area (Å²) in [5.41, 5.74) is 0.684. The quantitative estimate of drug-likeness (QED) is 0.502. The van der Waals surface area contributed by atoms with Crippen molar-refractivity contribution in [1.82, 2.24) is 0 Å². The number of amides is 1. The Hall–Kier alpha value is -1.59. The minimum absolute atomic E-state index is 0.278. The molecule has 0 spiro atoms. The summed E-state index contributed by atoms with van der Waals surface area (Å²) >= 11 is 0. The molecule has 0 atom stereocenters. The predicted octanol–water partition coefficient (Wildman–Crippen LogP) is 0.271. The molecule has 0 bridgehead atoms. The molecule has 0 aliphatic carbocycles. The van der Waals surface area contributed by atoms with E-state index in [9.17, 15) is 4.79 Å². The van der Waals surface area contributed by atoms with E-state index in [-0.39, 0.29) is 11.4 Å². The van der Waals surface area contributed by atoms with Crippen LogP contribution in [-0.4, -0.2) is 23.1 Å². The minimum atomic E-state index is -1.59. The Balaban J connectivity index is 2.80. The topological polar surface area (TPSA) is 69.6 Å². The van der Waals surface area contributed by atoms with E-state index >= 15 is 0 Å². The summed E-state index contributed by atoms with van der Waals surface area (Å²) in [7, 11) is -1.59. The maximum absolute atomic E-state index is 11.4. The molecule has 1 aromatic rings. The Morgan fingerprint density at radius 2 is 2.12 bits per heavy atom. The van der Waals surface area contributed by atoms with E-state index in [0.29, 0.717) is 5.69 Å². The van der Waals surface area contributed by atoms with Crippen LogP contribution in [0.1, 0.15) is 13.3 Å². The van der Waals surface area contributed by atoms with Gasteiger partial charge in [0.1, 0.15) is 0 Å². The average Bonchev–Trinajstić information content (AvgIpc) is 2.27. The molecule has 3 N–H and O–H groups in total. The molecule has 84 valence electrons. The van der Waals surface area contributed by atoms with Crippen LogP contribution in [0.25, 0.3) is 0 Å². The van der Waals surface area contributed by atoms with Crippen molar-refractivity contribution in [2.24, 2.45) is 0 Å². The second kappa shape index (κ2) is 6.10. The normalized spacial score (nSPS) is 10.4. The Labute approximate surface area is 94.8 Å². The minimum Gasteiger partial charge on any atom is -0.423 e. The molecule has 1 aromatic carbocycles. The van der Waals surface area contributed by atoms with Gasteiger partial charge in [-0.1, -0.05) is 31.2 Å². The molecule has 5 heteroatoms. The molecule has 0 saturated heterocycles. The molecule has 0 saturated carbocycles. The number of para-hydroxylation sites is 1. The van der Waals surface area contributed by atoms with Gasteiger partial charge in [0.05, 0.1) is 0 Å². The van der Waals surface area contributed by atoms with Crippen molar-refractivity contribution < 1.29 is 14.8 Å². The fraction of sp³-hybridized carbons (Fsp3) is 0.182. The monoisotopic (exact) mass is 219 g/mol. The number of carbonyl (C=O) groups is 1. The van der Waals surface area contributed by atoms with E-state index in [1.165, 1.54) is 6.08 Å². The summed E-state index contributed by atoms with van der Waals surface area (Å²) in [5.74, 6) is -0.282. The van der Waals surface area contributed by atoms with Crippen LogP contribution in [0.2, 0.25) is 0 Å². The van der Waals surface area contributed by atoms with Crippen LogP contribution in [0.3, 0.4) is 0 Å². The summed E-state index contributed by atoms with van der Waals surface area (Å²) in [6.07, 6.45) is 3.92. The predicted molar refractivity (Wildman–Crippen MR) is 64.3 cm³/mol. The van der Waals surface area contributed by atoms with E-state index in [2.05, 4.69) is 5.32 Å². The van der Waals surface area contributed by atoms with Crippen molar-refractivity contribution in [1.29, 1.82) is 0 Å². The van der Waals surface area contributed by atoms with Crippen molar-refractivity contribution >= 4 is 24.2 Å². The zero-order chi connectivity index (χ0) is 12.0. The zero-order valence-electron chi connectivity index (χ0n) is 9.05. The van der Waals surface area contributed by atoms with Gasteiger partial charge < -0.3 is 15.4 Å². The molecule has 0 aromatic heterocycles. The molecular formula is C11H14BNO3. The Bertz CT molecular complexity index is 391. The smallest absolute Gasteiger partial charge is 0.423 e. The van der Waals surface area contributed by atoms with Crippen LogP contribution in [0.15, 0.2) is 36.4 Å². The highest BCUT2D eigenvalue weighted by atomic mass is 16.4. The fourth-order valence-electron chi connectivity index (χ4n) is 1.24. The highest BCUT2D eigenvalue weighted by molar-refractivity contribution is 6.60. The molecule has 1 amide bonds. The van der Waals surface area contributed by atoms with Gasteiger partial charge in [0.2, 0.25) is 5.91 Å².